The van der Waals surface area contributed by atoms with Crippen molar-refractivity contribution >= 4 is 34.4 Å². The van der Waals surface area contributed by atoms with Crippen LogP contribution in [0.3, 0.4) is 0 Å². The Hall–Kier alpha value is 0.160. The van der Waals surface area contributed by atoms with Gasteiger partial charge in [-0.15, -0.1) is 0 Å². The van der Waals surface area contributed by atoms with Crippen molar-refractivity contribution in [2.75, 3.05) is 0 Å². The highest BCUT2D eigenvalue weighted by molar-refractivity contribution is 14.1. The molecule has 0 bridgehead atoms. The second kappa shape index (κ2) is 5.01. The molecule has 1 aromatic heterocycles. The number of rotatable bonds is 3. The van der Waals surface area contributed by atoms with Gasteiger partial charge in [-0.3, -0.25) is 0 Å². The Morgan fingerprint density at radius 3 is 2.58 bits per heavy atom. The third kappa shape index (κ3) is 3.26. The summed E-state index contributed by atoms with van der Waals surface area (Å²) < 4.78 is 1.08. The molecule has 0 fully saturated rings. The van der Waals surface area contributed by atoms with Crippen molar-refractivity contribution in [2.45, 2.75) is 30.7 Å². The van der Waals surface area contributed by atoms with E-state index >= 15 is 0 Å². The molecule has 0 radical (unpaired) electrons. The molecule has 0 amide bonds. The number of nitrogens with zero attached hydrogens (tertiary/aromatic N) is 2. The van der Waals surface area contributed by atoms with Crippen LogP contribution in [0.2, 0.25) is 0 Å². The van der Waals surface area contributed by atoms with Crippen molar-refractivity contribution in [2.24, 2.45) is 0 Å². The fourth-order valence-electron chi connectivity index (χ4n) is 0.625. The van der Waals surface area contributed by atoms with Crippen LogP contribution in [0.5, 0.6) is 0 Å². The van der Waals surface area contributed by atoms with E-state index in [0.29, 0.717) is 5.25 Å². The lowest BCUT2D eigenvalue weighted by Gasteiger charge is -2.05. The van der Waals surface area contributed by atoms with E-state index < -0.39 is 0 Å². The predicted molar refractivity (Wildman–Crippen MR) is 60.4 cm³/mol. The summed E-state index contributed by atoms with van der Waals surface area (Å²) in [5.74, 6) is 0. The average molecular weight is 294 g/mol. The molecule has 2 nitrogen and oxygen atoms in total. The maximum absolute atomic E-state index is 4.21. The molecule has 0 aliphatic rings. The molecule has 1 rings (SSSR count). The van der Waals surface area contributed by atoms with Gasteiger partial charge in [0, 0.05) is 21.2 Å². The topological polar surface area (TPSA) is 25.8 Å². The highest BCUT2D eigenvalue weighted by Crippen LogP contribution is 2.20. The SMILES string of the molecule is CCC(C)Sc1ncc(I)cn1. The quantitative estimate of drug-likeness (QED) is 0.487. The Labute approximate surface area is 90.7 Å². The van der Waals surface area contributed by atoms with E-state index in [1.165, 1.54) is 0 Å². The van der Waals surface area contributed by atoms with E-state index in [-0.39, 0.29) is 0 Å². The van der Waals surface area contributed by atoms with Gasteiger partial charge in [0.15, 0.2) is 5.16 Å². The van der Waals surface area contributed by atoms with Crippen LogP contribution in [0.4, 0.5) is 0 Å². The van der Waals surface area contributed by atoms with Crippen LogP contribution in [0.15, 0.2) is 17.6 Å². The zero-order valence-corrected chi connectivity index (χ0v) is 10.1. The molecular formula is C8H11IN2S. The summed E-state index contributed by atoms with van der Waals surface area (Å²) in [6, 6.07) is 0. The lowest BCUT2D eigenvalue weighted by Crippen LogP contribution is -1.95. The largest absolute Gasteiger partial charge is 0.230 e. The predicted octanol–water partition coefficient (Wildman–Crippen LogP) is 2.97. The Balaban J connectivity index is 2.58. The van der Waals surface area contributed by atoms with Gasteiger partial charge in [0.05, 0.1) is 0 Å². The minimum absolute atomic E-state index is 0.602. The summed E-state index contributed by atoms with van der Waals surface area (Å²) in [6.45, 7) is 4.36. The molecule has 0 spiro atoms. The van der Waals surface area contributed by atoms with E-state index in [1.807, 2.05) is 12.4 Å². The van der Waals surface area contributed by atoms with Gasteiger partial charge < -0.3 is 0 Å². The maximum Gasteiger partial charge on any atom is 0.187 e. The highest BCUT2D eigenvalue weighted by Gasteiger charge is 2.03. The lowest BCUT2D eigenvalue weighted by atomic mass is 10.4. The molecule has 66 valence electrons. The van der Waals surface area contributed by atoms with E-state index in [2.05, 4.69) is 46.4 Å². The first-order valence-corrected chi connectivity index (χ1v) is 5.82. The molecule has 1 unspecified atom stereocenters. The van der Waals surface area contributed by atoms with E-state index in [4.69, 9.17) is 0 Å². The molecule has 0 saturated carbocycles. The molecule has 4 heteroatoms. The zero-order chi connectivity index (χ0) is 8.97. The zero-order valence-electron chi connectivity index (χ0n) is 7.12. The first kappa shape index (κ1) is 10.2. The van der Waals surface area contributed by atoms with Gasteiger partial charge in [-0.05, 0) is 29.0 Å². The fourth-order valence-corrected chi connectivity index (χ4v) is 1.66. The smallest absolute Gasteiger partial charge is 0.187 e. The van der Waals surface area contributed by atoms with Gasteiger partial charge in [0.1, 0.15) is 0 Å². The second-order valence-electron chi connectivity index (χ2n) is 2.52. The second-order valence-corrected chi connectivity index (χ2v) is 5.17. The first-order valence-electron chi connectivity index (χ1n) is 3.86. The van der Waals surface area contributed by atoms with Crippen LogP contribution in [0.1, 0.15) is 20.3 Å². The Morgan fingerprint density at radius 1 is 1.50 bits per heavy atom. The first-order chi connectivity index (χ1) is 5.72. The minimum Gasteiger partial charge on any atom is -0.230 e. The summed E-state index contributed by atoms with van der Waals surface area (Å²) in [4.78, 5) is 8.42. The molecule has 1 atom stereocenters. The van der Waals surface area contributed by atoms with Crippen molar-refractivity contribution in [3.05, 3.63) is 16.0 Å². The van der Waals surface area contributed by atoms with Crippen molar-refractivity contribution in [3.8, 4) is 0 Å². The van der Waals surface area contributed by atoms with Crippen LogP contribution in [0, 0.1) is 3.57 Å². The Bertz CT molecular complexity index is 237. The standard InChI is InChI=1S/C8H11IN2S/c1-3-6(2)12-8-10-4-7(9)5-11-8/h4-6H,3H2,1-2H3. The number of halogens is 1. The minimum atomic E-state index is 0.602. The molecule has 1 heterocycles. The highest BCUT2D eigenvalue weighted by atomic mass is 127. The molecular weight excluding hydrogens is 283 g/mol. The maximum atomic E-state index is 4.21. The van der Waals surface area contributed by atoms with Gasteiger partial charge in [0.2, 0.25) is 0 Å². The van der Waals surface area contributed by atoms with Gasteiger partial charge in [0.25, 0.3) is 0 Å². The summed E-state index contributed by atoms with van der Waals surface area (Å²) in [5, 5.41) is 1.48. The van der Waals surface area contributed by atoms with E-state index in [1.54, 1.807) is 11.8 Å². The number of thioether (sulfide) groups is 1. The van der Waals surface area contributed by atoms with Crippen molar-refractivity contribution < 1.29 is 0 Å². The van der Waals surface area contributed by atoms with Crippen molar-refractivity contribution in [1.82, 2.24) is 9.97 Å². The molecule has 0 saturated heterocycles. The van der Waals surface area contributed by atoms with Crippen LogP contribution in [-0.4, -0.2) is 15.2 Å². The van der Waals surface area contributed by atoms with Gasteiger partial charge in [-0.25, -0.2) is 9.97 Å². The van der Waals surface area contributed by atoms with Crippen molar-refractivity contribution in [3.63, 3.8) is 0 Å². The molecule has 0 aromatic carbocycles. The van der Waals surface area contributed by atoms with E-state index in [0.717, 1.165) is 15.1 Å². The molecule has 0 aliphatic carbocycles. The Kier molecular flexibility index (Phi) is 4.28. The summed E-state index contributed by atoms with van der Waals surface area (Å²) >= 11 is 3.93. The number of hydrogen-bond donors (Lipinski definition) is 0. The summed E-state index contributed by atoms with van der Waals surface area (Å²) in [6.07, 6.45) is 4.84. The number of hydrogen-bond acceptors (Lipinski definition) is 3. The van der Waals surface area contributed by atoms with Crippen LogP contribution in [0.25, 0.3) is 0 Å². The van der Waals surface area contributed by atoms with Gasteiger partial charge in [-0.1, -0.05) is 25.6 Å². The third-order valence-electron chi connectivity index (χ3n) is 1.48. The molecule has 0 N–H and O–H groups in total. The fraction of sp³-hybridized carbons (Fsp3) is 0.500. The summed E-state index contributed by atoms with van der Waals surface area (Å²) in [5.41, 5.74) is 0. The normalized spacial score (nSPS) is 12.9. The Morgan fingerprint density at radius 2 is 2.08 bits per heavy atom. The monoisotopic (exact) mass is 294 g/mol. The number of aromatic nitrogens is 2. The van der Waals surface area contributed by atoms with E-state index in [9.17, 15) is 0 Å². The van der Waals surface area contributed by atoms with Gasteiger partial charge >= 0.3 is 0 Å². The molecule has 12 heavy (non-hydrogen) atoms. The molecule has 1 aromatic rings. The summed E-state index contributed by atoms with van der Waals surface area (Å²) in [7, 11) is 0. The van der Waals surface area contributed by atoms with Crippen molar-refractivity contribution in [1.29, 1.82) is 0 Å². The molecule has 0 aliphatic heterocycles. The van der Waals surface area contributed by atoms with Crippen LogP contribution >= 0.6 is 34.4 Å². The lowest BCUT2D eigenvalue weighted by molar-refractivity contribution is 0.883. The van der Waals surface area contributed by atoms with Crippen LogP contribution < -0.4 is 0 Å². The average Bonchev–Trinajstić information content (AvgIpc) is 2.09. The third-order valence-corrected chi connectivity index (χ3v) is 3.19. The van der Waals surface area contributed by atoms with Gasteiger partial charge in [-0.2, -0.15) is 0 Å². The van der Waals surface area contributed by atoms with Crippen LogP contribution in [-0.2, 0) is 0 Å².